The zero-order valence-corrected chi connectivity index (χ0v) is 10.6. The lowest BCUT2D eigenvalue weighted by molar-refractivity contribution is 0.0328. The maximum atomic E-state index is 8.75. The number of hydrogen-bond acceptors (Lipinski definition) is 3. The molecule has 0 spiro atoms. The number of hydrogen-bond donors (Lipinski definition) is 1. The zero-order valence-electron chi connectivity index (χ0n) is 9.03. The SMILES string of the molecule is COC1CC(Nc2ccc(C#N)cc2Br)C1. The molecule has 0 aliphatic heterocycles. The Hall–Kier alpha value is -1.05. The molecule has 0 radical (unpaired) electrons. The van der Waals surface area contributed by atoms with Crippen molar-refractivity contribution >= 4 is 21.6 Å². The highest BCUT2D eigenvalue weighted by Crippen LogP contribution is 2.30. The van der Waals surface area contributed by atoms with Gasteiger partial charge in [-0.25, -0.2) is 0 Å². The molecule has 0 bridgehead atoms. The summed E-state index contributed by atoms with van der Waals surface area (Å²) >= 11 is 3.46. The molecular weight excluding hydrogens is 268 g/mol. The predicted octanol–water partition coefficient (Wildman–Crippen LogP) is 2.91. The highest BCUT2D eigenvalue weighted by atomic mass is 79.9. The van der Waals surface area contributed by atoms with E-state index in [2.05, 4.69) is 27.3 Å². The number of benzene rings is 1. The Morgan fingerprint density at radius 1 is 1.50 bits per heavy atom. The minimum absolute atomic E-state index is 0.398. The molecule has 0 heterocycles. The second kappa shape index (κ2) is 4.86. The molecule has 84 valence electrons. The molecule has 2 rings (SSSR count). The number of methoxy groups -OCH3 is 1. The summed E-state index contributed by atoms with van der Waals surface area (Å²) in [5.41, 5.74) is 1.71. The molecule has 1 aromatic rings. The Morgan fingerprint density at radius 2 is 2.25 bits per heavy atom. The Balaban J connectivity index is 1.98. The first kappa shape index (κ1) is 11.4. The van der Waals surface area contributed by atoms with Crippen molar-refractivity contribution in [3.05, 3.63) is 28.2 Å². The van der Waals surface area contributed by atoms with Crippen LogP contribution in [0, 0.1) is 11.3 Å². The topological polar surface area (TPSA) is 45.0 Å². The lowest BCUT2D eigenvalue weighted by Gasteiger charge is -2.35. The monoisotopic (exact) mass is 280 g/mol. The summed E-state index contributed by atoms with van der Waals surface area (Å²) in [6, 6.07) is 8.18. The van der Waals surface area contributed by atoms with Crippen molar-refractivity contribution in [2.75, 3.05) is 12.4 Å². The van der Waals surface area contributed by atoms with E-state index in [1.807, 2.05) is 18.2 Å². The molecule has 1 fully saturated rings. The van der Waals surface area contributed by atoms with E-state index in [0.717, 1.165) is 23.0 Å². The van der Waals surface area contributed by atoms with Gasteiger partial charge in [0, 0.05) is 23.3 Å². The molecular formula is C12H13BrN2O. The van der Waals surface area contributed by atoms with Gasteiger partial charge < -0.3 is 10.1 Å². The van der Waals surface area contributed by atoms with Crippen LogP contribution in [0.1, 0.15) is 18.4 Å². The third-order valence-corrected chi connectivity index (χ3v) is 3.54. The number of halogens is 1. The predicted molar refractivity (Wildman–Crippen MR) is 66.3 cm³/mol. The van der Waals surface area contributed by atoms with E-state index >= 15 is 0 Å². The van der Waals surface area contributed by atoms with Crippen LogP contribution in [0.25, 0.3) is 0 Å². The van der Waals surface area contributed by atoms with Crippen LogP contribution in [-0.2, 0) is 4.74 Å². The van der Waals surface area contributed by atoms with E-state index in [1.54, 1.807) is 7.11 Å². The molecule has 1 aliphatic rings. The number of ether oxygens (including phenoxy) is 1. The standard InChI is InChI=1S/C12H13BrN2O/c1-16-10-5-9(6-10)15-12-3-2-8(7-14)4-11(12)13/h2-4,9-10,15H,5-6H2,1H3. The van der Waals surface area contributed by atoms with E-state index < -0.39 is 0 Å². The van der Waals surface area contributed by atoms with Crippen molar-refractivity contribution in [1.82, 2.24) is 0 Å². The van der Waals surface area contributed by atoms with Crippen molar-refractivity contribution in [3.63, 3.8) is 0 Å². The van der Waals surface area contributed by atoms with Crippen LogP contribution in [0.5, 0.6) is 0 Å². The summed E-state index contributed by atoms with van der Waals surface area (Å²) in [5, 5.41) is 12.2. The minimum atomic E-state index is 0.398. The van der Waals surface area contributed by atoms with Gasteiger partial charge in [-0.05, 0) is 47.0 Å². The summed E-state index contributed by atoms with van der Waals surface area (Å²) in [4.78, 5) is 0. The van der Waals surface area contributed by atoms with Crippen molar-refractivity contribution in [2.45, 2.75) is 25.0 Å². The lowest BCUT2D eigenvalue weighted by Crippen LogP contribution is -2.40. The lowest BCUT2D eigenvalue weighted by atomic mass is 9.89. The van der Waals surface area contributed by atoms with Gasteiger partial charge >= 0.3 is 0 Å². The van der Waals surface area contributed by atoms with Crippen LogP contribution in [0.2, 0.25) is 0 Å². The first-order chi connectivity index (χ1) is 7.72. The van der Waals surface area contributed by atoms with E-state index in [4.69, 9.17) is 10.00 Å². The Labute approximate surface area is 104 Å². The molecule has 1 aliphatic carbocycles. The largest absolute Gasteiger partial charge is 0.381 e. The average molecular weight is 281 g/mol. The summed E-state index contributed by atoms with van der Waals surface area (Å²) in [6.07, 6.45) is 2.49. The molecule has 0 saturated heterocycles. The second-order valence-electron chi connectivity index (χ2n) is 3.98. The zero-order chi connectivity index (χ0) is 11.5. The van der Waals surface area contributed by atoms with Crippen LogP contribution < -0.4 is 5.32 Å². The quantitative estimate of drug-likeness (QED) is 0.926. The van der Waals surface area contributed by atoms with Gasteiger partial charge in [0.2, 0.25) is 0 Å². The smallest absolute Gasteiger partial charge is 0.0992 e. The highest BCUT2D eigenvalue weighted by molar-refractivity contribution is 9.10. The Bertz CT molecular complexity index is 422. The Morgan fingerprint density at radius 3 is 2.81 bits per heavy atom. The van der Waals surface area contributed by atoms with E-state index in [1.165, 1.54) is 0 Å². The van der Waals surface area contributed by atoms with Crippen LogP contribution >= 0.6 is 15.9 Å². The first-order valence-electron chi connectivity index (χ1n) is 5.22. The van der Waals surface area contributed by atoms with Crippen molar-refractivity contribution in [1.29, 1.82) is 5.26 Å². The molecule has 1 saturated carbocycles. The number of anilines is 1. The van der Waals surface area contributed by atoms with Crippen molar-refractivity contribution in [3.8, 4) is 6.07 Å². The van der Waals surface area contributed by atoms with Gasteiger partial charge in [-0.2, -0.15) is 5.26 Å². The molecule has 3 nitrogen and oxygen atoms in total. The number of nitriles is 1. The molecule has 1 N–H and O–H groups in total. The minimum Gasteiger partial charge on any atom is -0.381 e. The van der Waals surface area contributed by atoms with Crippen LogP contribution in [0.4, 0.5) is 5.69 Å². The van der Waals surface area contributed by atoms with Gasteiger partial charge in [0.25, 0.3) is 0 Å². The van der Waals surface area contributed by atoms with Gasteiger partial charge in [-0.1, -0.05) is 0 Å². The number of nitrogens with one attached hydrogen (secondary N) is 1. The van der Waals surface area contributed by atoms with Gasteiger partial charge in [0.15, 0.2) is 0 Å². The molecule has 0 unspecified atom stereocenters. The number of rotatable bonds is 3. The second-order valence-corrected chi connectivity index (χ2v) is 4.83. The van der Waals surface area contributed by atoms with Gasteiger partial charge in [0.1, 0.15) is 0 Å². The third-order valence-electron chi connectivity index (χ3n) is 2.89. The molecule has 16 heavy (non-hydrogen) atoms. The molecule has 4 heteroatoms. The van der Waals surface area contributed by atoms with Gasteiger partial charge in [-0.3, -0.25) is 0 Å². The fourth-order valence-electron chi connectivity index (χ4n) is 1.80. The molecule has 1 aromatic carbocycles. The van der Waals surface area contributed by atoms with Gasteiger partial charge in [-0.15, -0.1) is 0 Å². The summed E-state index contributed by atoms with van der Waals surface area (Å²) in [6.45, 7) is 0. The summed E-state index contributed by atoms with van der Waals surface area (Å²) in [5.74, 6) is 0. The first-order valence-corrected chi connectivity index (χ1v) is 6.01. The summed E-state index contributed by atoms with van der Waals surface area (Å²) < 4.78 is 6.16. The van der Waals surface area contributed by atoms with E-state index in [0.29, 0.717) is 17.7 Å². The van der Waals surface area contributed by atoms with Crippen LogP contribution in [0.3, 0.4) is 0 Å². The van der Waals surface area contributed by atoms with Gasteiger partial charge in [0.05, 0.1) is 17.7 Å². The van der Waals surface area contributed by atoms with E-state index in [-0.39, 0.29) is 0 Å². The maximum Gasteiger partial charge on any atom is 0.0992 e. The maximum absolute atomic E-state index is 8.75. The molecule has 0 amide bonds. The summed E-state index contributed by atoms with van der Waals surface area (Å²) in [7, 11) is 1.75. The average Bonchev–Trinajstić information content (AvgIpc) is 2.24. The molecule has 0 atom stereocenters. The molecule has 0 aromatic heterocycles. The van der Waals surface area contributed by atoms with Crippen molar-refractivity contribution < 1.29 is 4.74 Å². The fraction of sp³-hybridized carbons (Fsp3) is 0.417. The fourth-order valence-corrected chi connectivity index (χ4v) is 2.29. The van der Waals surface area contributed by atoms with E-state index in [9.17, 15) is 0 Å². The van der Waals surface area contributed by atoms with Crippen molar-refractivity contribution in [2.24, 2.45) is 0 Å². The van der Waals surface area contributed by atoms with Crippen LogP contribution in [0.15, 0.2) is 22.7 Å². The third kappa shape index (κ3) is 2.37. The normalized spacial score (nSPS) is 23.3. The van der Waals surface area contributed by atoms with Crippen LogP contribution in [-0.4, -0.2) is 19.3 Å². The highest BCUT2D eigenvalue weighted by Gasteiger charge is 2.28. The number of nitrogens with zero attached hydrogens (tertiary/aromatic N) is 1. The Kier molecular flexibility index (Phi) is 3.47.